The first kappa shape index (κ1) is 26.1. The number of hydrogen-bond acceptors (Lipinski definition) is 8. The molecule has 1 aromatic heterocycles. The second-order valence-corrected chi connectivity index (χ2v) is 10.7. The van der Waals surface area contributed by atoms with E-state index in [2.05, 4.69) is 11.5 Å². The molecule has 10 heteroatoms. The van der Waals surface area contributed by atoms with Crippen molar-refractivity contribution in [3.8, 4) is 21.9 Å². The highest BCUT2D eigenvalue weighted by molar-refractivity contribution is 7.89. The molecule has 0 saturated carbocycles. The Morgan fingerprint density at radius 2 is 1.86 bits per heavy atom. The lowest BCUT2D eigenvalue weighted by Gasteiger charge is -2.26. The van der Waals surface area contributed by atoms with Gasteiger partial charge in [-0.1, -0.05) is 12.6 Å². The van der Waals surface area contributed by atoms with E-state index in [0.717, 1.165) is 23.5 Å². The van der Waals surface area contributed by atoms with Crippen molar-refractivity contribution >= 4 is 32.7 Å². The quantitative estimate of drug-likeness (QED) is 0.316. The zero-order chi connectivity index (χ0) is 25.7. The number of ether oxygens (including phenoxy) is 3. The van der Waals surface area contributed by atoms with Gasteiger partial charge in [0.05, 0.1) is 25.2 Å². The van der Waals surface area contributed by atoms with Gasteiger partial charge in [-0.2, -0.15) is 0 Å². The van der Waals surface area contributed by atoms with E-state index in [4.69, 9.17) is 19.3 Å². The van der Waals surface area contributed by atoms with Crippen LogP contribution in [0, 0.1) is 0 Å². The van der Waals surface area contributed by atoms with Gasteiger partial charge in [-0.25, -0.2) is 13.6 Å². The van der Waals surface area contributed by atoms with Gasteiger partial charge >= 0.3 is 0 Å². The van der Waals surface area contributed by atoms with Crippen LogP contribution >= 0.6 is 11.3 Å². The Labute approximate surface area is 215 Å². The number of morpholine rings is 1. The van der Waals surface area contributed by atoms with Gasteiger partial charge in [-0.3, -0.25) is 9.69 Å². The molecule has 1 aliphatic rings. The molecule has 0 aliphatic carbocycles. The van der Waals surface area contributed by atoms with Crippen LogP contribution in [-0.4, -0.2) is 65.7 Å². The van der Waals surface area contributed by atoms with Gasteiger partial charge in [0.2, 0.25) is 10.0 Å². The van der Waals surface area contributed by atoms with Crippen LogP contribution in [0.25, 0.3) is 16.0 Å². The monoisotopic (exact) mass is 528 g/mol. The van der Waals surface area contributed by atoms with Gasteiger partial charge in [-0.05, 0) is 41.8 Å². The Morgan fingerprint density at radius 1 is 1.14 bits per heavy atom. The van der Waals surface area contributed by atoms with Crippen LogP contribution in [-0.2, 0) is 14.8 Å². The molecule has 190 valence electrons. The third-order valence-corrected chi connectivity index (χ3v) is 7.73. The molecule has 1 aliphatic heterocycles. The summed E-state index contributed by atoms with van der Waals surface area (Å²) in [6.45, 7) is 8.29. The zero-order valence-electron chi connectivity index (χ0n) is 19.9. The SMILES string of the molecule is C=C(C(=O)c1ccc(S(N)(=O)=O)cc1)c1cc(-c2cccs2)c(OC)cc1OCCN1CCOCC1. The number of allylic oxidation sites excluding steroid dienone is 1. The predicted molar refractivity (Wildman–Crippen MR) is 140 cm³/mol. The molecule has 1 fully saturated rings. The lowest BCUT2D eigenvalue weighted by molar-refractivity contribution is 0.0322. The highest BCUT2D eigenvalue weighted by Crippen LogP contribution is 2.41. The second kappa shape index (κ2) is 11.4. The number of nitrogens with two attached hydrogens (primary N) is 1. The number of carbonyl (C=O) groups excluding carboxylic acids is 1. The highest BCUT2D eigenvalue weighted by Gasteiger charge is 2.22. The summed E-state index contributed by atoms with van der Waals surface area (Å²) in [5.41, 5.74) is 1.88. The number of thiophene rings is 1. The van der Waals surface area contributed by atoms with Gasteiger partial charge in [-0.15, -0.1) is 11.3 Å². The van der Waals surface area contributed by atoms with E-state index < -0.39 is 10.0 Å². The van der Waals surface area contributed by atoms with Gasteiger partial charge in [0, 0.05) is 52.8 Å². The Hall–Kier alpha value is -3.02. The van der Waals surface area contributed by atoms with Crippen molar-refractivity contribution in [2.75, 3.05) is 46.6 Å². The van der Waals surface area contributed by atoms with Crippen LogP contribution < -0.4 is 14.6 Å². The van der Waals surface area contributed by atoms with Crippen molar-refractivity contribution in [3.05, 3.63) is 71.6 Å². The number of primary sulfonamides is 1. The molecule has 0 bridgehead atoms. The summed E-state index contributed by atoms with van der Waals surface area (Å²) in [4.78, 5) is 16.5. The molecule has 2 aromatic carbocycles. The lowest BCUT2D eigenvalue weighted by atomic mass is 9.95. The first-order chi connectivity index (χ1) is 17.3. The molecule has 3 aromatic rings. The van der Waals surface area contributed by atoms with Crippen LogP contribution in [0.2, 0.25) is 0 Å². The minimum atomic E-state index is -3.86. The Balaban J connectivity index is 1.65. The summed E-state index contributed by atoms with van der Waals surface area (Å²) in [7, 11) is -2.27. The highest BCUT2D eigenvalue weighted by atomic mass is 32.2. The topological polar surface area (TPSA) is 108 Å². The number of hydrogen-bond donors (Lipinski definition) is 1. The Morgan fingerprint density at radius 3 is 2.47 bits per heavy atom. The van der Waals surface area contributed by atoms with E-state index in [1.54, 1.807) is 24.5 Å². The first-order valence-corrected chi connectivity index (χ1v) is 13.8. The van der Waals surface area contributed by atoms with Crippen molar-refractivity contribution in [1.29, 1.82) is 0 Å². The predicted octanol–water partition coefficient (Wildman–Crippen LogP) is 3.68. The molecule has 0 radical (unpaired) electrons. The van der Waals surface area contributed by atoms with E-state index >= 15 is 0 Å². The summed E-state index contributed by atoms with van der Waals surface area (Å²) in [6.07, 6.45) is 0. The van der Waals surface area contributed by atoms with Crippen LogP contribution in [0.4, 0.5) is 0 Å². The van der Waals surface area contributed by atoms with Crippen LogP contribution in [0.1, 0.15) is 15.9 Å². The molecular formula is C26H28N2O6S2. The van der Waals surface area contributed by atoms with Crippen LogP contribution in [0.3, 0.4) is 0 Å². The van der Waals surface area contributed by atoms with Gasteiger partial charge < -0.3 is 14.2 Å². The Bertz CT molecular complexity index is 1330. The van der Waals surface area contributed by atoms with Gasteiger partial charge in [0.1, 0.15) is 18.1 Å². The number of ketones is 1. The smallest absolute Gasteiger partial charge is 0.238 e. The molecule has 4 rings (SSSR count). The lowest BCUT2D eigenvalue weighted by Crippen LogP contribution is -2.38. The summed E-state index contributed by atoms with van der Waals surface area (Å²) in [6, 6.07) is 13.0. The maximum Gasteiger partial charge on any atom is 0.238 e. The summed E-state index contributed by atoms with van der Waals surface area (Å²) in [5.74, 6) is 0.761. The summed E-state index contributed by atoms with van der Waals surface area (Å²) < 4.78 is 40.4. The third-order valence-electron chi connectivity index (χ3n) is 5.90. The number of rotatable bonds is 10. The molecular weight excluding hydrogens is 500 g/mol. The molecule has 0 atom stereocenters. The second-order valence-electron chi connectivity index (χ2n) is 8.21. The molecule has 0 unspecified atom stereocenters. The number of methoxy groups -OCH3 is 1. The van der Waals surface area contributed by atoms with E-state index in [1.807, 2.05) is 23.6 Å². The molecule has 0 spiro atoms. The minimum absolute atomic E-state index is 0.0683. The molecule has 0 amide bonds. The fourth-order valence-corrected chi connectivity index (χ4v) is 5.17. The van der Waals surface area contributed by atoms with Crippen molar-refractivity contribution in [3.63, 3.8) is 0 Å². The van der Waals surface area contributed by atoms with Crippen LogP contribution in [0.15, 0.2) is 65.4 Å². The first-order valence-electron chi connectivity index (χ1n) is 11.3. The maximum atomic E-state index is 13.3. The normalized spacial score (nSPS) is 14.4. The number of nitrogens with zero attached hydrogens (tertiary/aromatic N) is 1. The molecule has 2 heterocycles. The average molecular weight is 529 g/mol. The average Bonchev–Trinajstić information content (AvgIpc) is 3.42. The van der Waals surface area contributed by atoms with Crippen molar-refractivity contribution in [1.82, 2.24) is 4.90 Å². The molecule has 2 N–H and O–H groups in total. The largest absolute Gasteiger partial charge is 0.496 e. The van der Waals surface area contributed by atoms with E-state index in [-0.39, 0.29) is 16.3 Å². The van der Waals surface area contributed by atoms with E-state index in [1.165, 1.54) is 24.3 Å². The Kier molecular flexibility index (Phi) is 8.22. The van der Waals surface area contributed by atoms with Gasteiger partial charge in [0.15, 0.2) is 5.78 Å². The number of benzene rings is 2. The van der Waals surface area contributed by atoms with E-state index in [0.29, 0.717) is 49.0 Å². The van der Waals surface area contributed by atoms with Crippen molar-refractivity contribution < 1.29 is 27.4 Å². The minimum Gasteiger partial charge on any atom is -0.496 e. The van der Waals surface area contributed by atoms with Gasteiger partial charge in [0.25, 0.3) is 0 Å². The maximum absolute atomic E-state index is 13.3. The fraction of sp³-hybridized carbons (Fsp3) is 0.269. The molecule has 36 heavy (non-hydrogen) atoms. The zero-order valence-corrected chi connectivity index (χ0v) is 21.6. The number of carbonyl (C=O) groups is 1. The number of Topliss-reactive ketones (excluding diaryl/α,β-unsaturated/α-hetero) is 1. The molecule has 1 saturated heterocycles. The fourth-order valence-electron chi connectivity index (χ4n) is 3.91. The molecule has 8 nitrogen and oxygen atoms in total. The summed E-state index contributed by atoms with van der Waals surface area (Å²) in [5, 5.41) is 7.14. The van der Waals surface area contributed by atoms with Crippen LogP contribution in [0.5, 0.6) is 11.5 Å². The standard InChI is InChI=1S/C26H28N2O6S2/c1-18(26(29)19-5-7-20(8-6-19)36(27,30)31)21-16-22(25-4-3-15-35-25)23(32-2)17-24(21)34-14-11-28-9-12-33-13-10-28/h3-8,15-17H,1,9-14H2,2H3,(H2,27,30,31). The summed E-state index contributed by atoms with van der Waals surface area (Å²) >= 11 is 1.55. The third kappa shape index (κ3) is 6.03. The van der Waals surface area contributed by atoms with Crippen molar-refractivity contribution in [2.45, 2.75) is 4.90 Å². The van der Waals surface area contributed by atoms with E-state index in [9.17, 15) is 13.2 Å². The number of sulfonamides is 1. The van der Waals surface area contributed by atoms with Crippen molar-refractivity contribution in [2.24, 2.45) is 5.14 Å².